The molecular formula is C27H28N4O2. The van der Waals surface area contributed by atoms with Gasteiger partial charge < -0.3 is 15.2 Å². The van der Waals surface area contributed by atoms with E-state index in [2.05, 4.69) is 45.0 Å². The van der Waals surface area contributed by atoms with Crippen molar-refractivity contribution in [2.45, 2.75) is 51.0 Å². The predicted octanol–water partition coefficient (Wildman–Crippen LogP) is 5.56. The monoisotopic (exact) mass is 440 g/mol. The fourth-order valence-corrected chi connectivity index (χ4v) is 5.30. The highest BCUT2D eigenvalue weighted by atomic mass is 16.5. The molecule has 6 rings (SSSR count). The maximum absolute atomic E-state index is 12.6. The number of carbonyl (C=O) groups is 1. The van der Waals surface area contributed by atoms with Crippen LogP contribution in [0.2, 0.25) is 0 Å². The van der Waals surface area contributed by atoms with Gasteiger partial charge in [-0.05, 0) is 66.6 Å². The van der Waals surface area contributed by atoms with Gasteiger partial charge in [-0.15, -0.1) is 0 Å². The molecule has 33 heavy (non-hydrogen) atoms. The van der Waals surface area contributed by atoms with Gasteiger partial charge in [0.05, 0.1) is 5.39 Å². The molecule has 1 amide bonds. The molecule has 0 spiro atoms. The fraction of sp³-hybridized carbons (Fsp3) is 0.370. The van der Waals surface area contributed by atoms with Crippen molar-refractivity contribution >= 4 is 34.0 Å². The zero-order valence-corrected chi connectivity index (χ0v) is 18.6. The average Bonchev–Trinajstić information content (AvgIpc) is 3.66. The number of amides is 1. The normalized spacial score (nSPS) is 20.9. The van der Waals surface area contributed by atoms with E-state index in [0.717, 1.165) is 55.2 Å². The Morgan fingerprint density at radius 1 is 0.970 bits per heavy atom. The molecule has 6 nitrogen and oxygen atoms in total. The molecule has 1 atom stereocenters. The van der Waals surface area contributed by atoms with E-state index in [9.17, 15) is 4.79 Å². The van der Waals surface area contributed by atoms with Crippen molar-refractivity contribution in [1.29, 1.82) is 0 Å². The number of aliphatic imine (C=N–C) groups is 1. The third-order valence-electron chi connectivity index (χ3n) is 7.25. The van der Waals surface area contributed by atoms with Gasteiger partial charge in [0.25, 0.3) is 0 Å². The highest BCUT2D eigenvalue weighted by Gasteiger charge is 2.25. The number of anilines is 1. The van der Waals surface area contributed by atoms with Crippen LogP contribution in [0.5, 0.6) is 0 Å². The largest absolute Gasteiger partial charge is 0.354 e. The Morgan fingerprint density at radius 3 is 2.55 bits per heavy atom. The van der Waals surface area contributed by atoms with Crippen LogP contribution in [0.3, 0.4) is 0 Å². The van der Waals surface area contributed by atoms with E-state index in [4.69, 9.17) is 4.52 Å². The second-order valence-corrected chi connectivity index (χ2v) is 9.39. The maximum Gasteiger partial charge on any atom is 0.228 e. The Balaban J connectivity index is 1.19. The molecule has 1 aliphatic carbocycles. The smallest absolute Gasteiger partial charge is 0.228 e. The standard InChI is InChI=1S/C27H28N4O2/c32-27(19-4-1-2-5-19)30-26-22-14-20(11-12-25(22)33-31-26)17-7-9-18(10-8-17)21-15-24(29-16-21)23-6-3-13-28-23/h7-12,14,16,19,23,28H,1-6,13,15H2,(H,30,31,32)/t23-/m0/s1. The Kier molecular flexibility index (Phi) is 5.30. The molecule has 2 aliphatic heterocycles. The molecule has 0 unspecified atom stereocenters. The Bertz CT molecular complexity index is 1240. The van der Waals surface area contributed by atoms with Gasteiger partial charge in [-0.25, -0.2) is 0 Å². The average molecular weight is 441 g/mol. The molecule has 6 heteroatoms. The maximum atomic E-state index is 12.6. The van der Waals surface area contributed by atoms with Crippen molar-refractivity contribution in [2.24, 2.45) is 10.9 Å². The van der Waals surface area contributed by atoms with Crippen LogP contribution in [0.15, 0.2) is 58.2 Å². The quantitative estimate of drug-likeness (QED) is 0.544. The molecule has 1 saturated heterocycles. The number of hydrogen-bond donors (Lipinski definition) is 2. The highest BCUT2D eigenvalue weighted by molar-refractivity contribution is 6.02. The second-order valence-electron chi connectivity index (χ2n) is 9.39. The van der Waals surface area contributed by atoms with E-state index in [1.54, 1.807) is 0 Å². The van der Waals surface area contributed by atoms with Crippen LogP contribution >= 0.6 is 0 Å². The number of fused-ring (bicyclic) bond motifs is 1. The summed E-state index contributed by atoms with van der Waals surface area (Å²) < 4.78 is 5.45. The molecule has 1 saturated carbocycles. The number of aromatic nitrogens is 1. The first-order chi connectivity index (χ1) is 16.2. The van der Waals surface area contributed by atoms with Crippen molar-refractivity contribution in [1.82, 2.24) is 10.5 Å². The van der Waals surface area contributed by atoms with Crippen molar-refractivity contribution in [3.8, 4) is 11.1 Å². The first kappa shape index (κ1) is 20.4. The summed E-state index contributed by atoms with van der Waals surface area (Å²) in [4.78, 5) is 17.3. The summed E-state index contributed by atoms with van der Waals surface area (Å²) in [7, 11) is 0. The van der Waals surface area contributed by atoms with E-state index >= 15 is 0 Å². The molecule has 1 aromatic heterocycles. The zero-order chi connectivity index (χ0) is 22.2. The summed E-state index contributed by atoms with van der Waals surface area (Å²) in [5.74, 6) is 0.657. The third-order valence-corrected chi connectivity index (χ3v) is 7.25. The lowest BCUT2D eigenvalue weighted by Gasteiger charge is -2.11. The molecule has 2 fully saturated rings. The minimum atomic E-state index is 0.0525. The Hall–Kier alpha value is -3.25. The molecular weight excluding hydrogens is 412 g/mol. The van der Waals surface area contributed by atoms with E-state index < -0.39 is 0 Å². The Labute approximate surface area is 193 Å². The lowest BCUT2D eigenvalue weighted by Crippen LogP contribution is -2.29. The van der Waals surface area contributed by atoms with Gasteiger partial charge in [0.15, 0.2) is 11.4 Å². The molecule has 2 aromatic carbocycles. The summed E-state index contributed by atoms with van der Waals surface area (Å²) in [6, 6.07) is 15.1. The molecule has 3 heterocycles. The molecule has 0 radical (unpaired) electrons. The van der Waals surface area contributed by atoms with Crippen LogP contribution in [-0.4, -0.2) is 29.4 Å². The first-order valence-electron chi connectivity index (χ1n) is 12.0. The highest BCUT2D eigenvalue weighted by Crippen LogP contribution is 2.33. The van der Waals surface area contributed by atoms with Gasteiger partial charge >= 0.3 is 0 Å². The Morgan fingerprint density at radius 2 is 1.76 bits per heavy atom. The summed E-state index contributed by atoms with van der Waals surface area (Å²) in [5, 5.41) is 11.5. The second kappa shape index (κ2) is 8.60. The minimum Gasteiger partial charge on any atom is -0.354 e. The minimum absolute atomic E-state index is 0.0525. The van der Waals surface area contributed by atoms with Crippen molar-refractivity contribution in [3.63, 3.8) is 0 Å². The van der Waals surface area contributed by atoms with Crippen LogP contribution in [0.1, 0.15) is 50.5 Å². The number of hydrogen-bond acceptors (Lipinski definition) is 5. The number of nitrogens with zero attached hydrogens (tertiary/aromatic N) is 2. The number of nitrogens with one attached hydrogen (secondary N) is 2. The summed E-state index contributed by atoms with van der Waals surface area (Å²) in [6.07, 6.45) is 9.53. The topological polar surface area (TPSA) is 79.5 Å². The van der Waals surface area contributed by atoms with Gasteiger partial charge in [0.1, 0.15) is 0 Å². The van der Waals surface area contributed by atoms with Crippen molar-refractivity contribution in [2.75, 3.05) is 11.9 Å². The van der Waals surface area contributed by atoms with Crippen LogP contribution in [0.25, 0.3) is 27.7 Å². The summed E-state index contributed by atoms with van der Waals surface area (Å²) >= 11 is 0. The number of carbonyl (C=O) groups excluding carboxylic acids is 1. The van der Waals surface area contributed by atoms with Crippen LogP contribution < -0.4 is 10.6 Å². The van der Waals surface area contributed by atoms with Gasteiger partial charge in [-0.1, -0.05) is 48.3 Å². The third kappa shape index (κ3) is 4.00. The summed E-state index contributed by atoms with van der Waals surface area (Å²) in [6.45, 7) is 1.09. The molecule has 2 N–H and O–H groups in total. The zero-order valence-electron chi connectivity index (χ0n) is 18.6. The van der Waals surface area contributed by atoms with Gasteiger partial charge in [-0.3, -0.25) is 9.79 Å². The number of rotatable bonds is 5. The van der Waals surface area contributed by atoms with E-state index in [-0.39, 0.29) is 11.8 Å². The lowest BCUT2D eigenvalue weighted by molar-refractivity contribution is -0.119. The molecule has 3 aliphatic rings. The van der Waals surface area contributed by atoms with Crippen LogP contribution in [0.4, 0.5) is 5.82 Å². The first-order valence-corrected chi connectivity index (χ1v) is 12.0. The van der Waals surface area contributed by atoms with Gasteiger partial charge in [-0.2, -0.15) is 0 Å². The van der Waals surface area contributed by atoms with E-state index in [1.807, 2.05) is 24.4 Å². The fourth-order valence-electron chi connectivity index (χ4n) is 5.30. The van der Waals surface area contributed by atoms with Gasteiger partial charge in [0.2, 0.25) is 5.91 Å². The molecule has 3 aromatic rings. The number of allylic oxidation sites excluding steroid dienone is 1. The predicted molar refractivity (Wildman–Crippen MR) is 131 cm³/mol. The lowest BCUT2D eigenvalue weighted by atomic mass is 9.96. The van der Waals surface area contributed by atoms with E-state index in [1.165, 1.54) is 29.7 Å². The summed E-state index contributed by atoms with van der Waals surface area (Å²) in [5.41, 5.74) is 6.62. The van der Waals surface area contributed by atoms with Crippen molar-refractivity contribution in [3.05, 3.63) is 54.2 Å². The molecule has 0 bridgehead atoms. The SMILES string of the molecule is O=C(Nc1noc2ccc(-c3ccc(C4=CN=C([C@@H]5CCCN5)C4)cc3)cc12)C1CCCC1. The van der Waals surface area contributed by atoms with Crippen LogP contribution in [0, 0.1) is 5.92 Å². The number of benzene rings is 2. The van der Waals surface area contributed by atoms with E-state index in [0.29, 0.717) is 17.4 Å². The van der Waals surface area contributed by atoms with Gasteiger partial charge in [0, 0.05) is 30.3 Å². The van der Waals surface area contributed by atoms with Crippen molar-refractivity contribution < 1.29 is 9.32 Å². The molecule has 168 valence electrons. The van der Waals surface area contributed by atoms with Crippen LogP contribution in [-0.2, 0) is 4.79 Å².